The van der Waals surface area contributed by atoms with Gasteiger partial charge in [0, 0.05) is 18.8 Å². The summed E-state index contributed by atoms with van der Waals surface area (Å²) in [5, 5.41) is 2.77. The van der Waals surface area contributed by atoms with Gasteiger partial charge in [0.2, 0.25) is 10.0 Å². The van der Waals surface area contributed by atoms with Gasteiger partial charge in [-0.25, -0.2) is 8.42 Å². The average Bonchev–Trinajstić information content (AvgIpc) is 3.26. The van der Waals surface area contributed by atoms with Crippen LogP contribution in [0.15, 0.2) is 47.4 Å². The number of hydrogen-bond acceptors (Lipinski definition) is 5. The first-order valence-corrected chi connectivity index (χ1v) is 11.2. The first kappa shape index (κ1) is 21.1. The molecular weight excluding hydrogens is 392 g/mol. The van der Waals surface area contributed by atoms with Gasteiger partial charge < -0.3 is 14.8 Å². The summed E-state index contributed by atoms with van der Waals surface area (Å²) in [5.41, 5.74) is 0.759. The molecule has 156 valence electrons. The van der Waals surface area contributed by atoms with Crippen molar-refractivity contribution in [3.8, 4) is 11.5 Å². The van der Waals surface area contributed by atoms with Crippen LogP contribution in [-0.2, 0) is 10.0 Å². The van der Waals surface area contributed by atoms with Gasteiger partial charge in [-0.05, 0) is 57.0 Å². The Morgan fingerprint density at radius 2 is 1.66 bits per heavy atom. The van der Waals surface area contributed by atoms with Crippen LogP contribution in [0.1, 0.15) is 37.0 Å². The van der Waals surface area contributed by atoms with Crippen LogP contribution in [0.2, 0.25) is 0 Å². The average molecular weight is 419 g/mol. The Kier molecular flexibility index (Phi) is 6.76. The van der Waals surface area contributed by atoms with Crippen LogP contribution in [0.25, 0.3) is 0 Å². The first-order valence-electron chi connectivity index (χ1n) is 9.77. The number of rotatable bonds is 8. The number of carbonyl (C=O) groups is 1. The summed E-state index contributed by atoms with van der Waals surface area (Å²) in [6.45, 7) is 5.41. The molecule has 1 aliphatic rings. The molecular formula is C21H26N2O5S. The fraction of sp³-hybridized carbons (Fsp3) is 0.381. The van der Waals surface area contributed by atoms with Crippen molar-refractivity contribution in [2.45, 2.75) is 31.6 Å². The Balaban J connectivity index is 1.92. The largest absolute Gasteiger partial charge is 0.493 e. The molecule has 0 saturated carbocycles. The Morgan fingerprint density at radius 3 is 2.34 bits per heavy atom. The van der Waals surface area contributed by atoms with Crippen molar-refractivity contribution in [1.29, 1.82) is 0 Å². The van der Waals surface area contributed by atoms with E-state index < -0.39 is 10.0 Å². The third-order valence-corrected chi connectivity index (χ3v) is 6.54. The second kappa shape index (κ2) is 9.28. The highest BCUT2D eigenvalue weighted by molar-refractivity contribution is 7.89. The zero-order chi connectivity index (χ0) is 20.9. The number of amides is 1. The van der Waals surface area contributed by atoms with Crippen molar-refractivity contribution in [3.63, 3.8) is 0 Å². The number of hydrogen-bond donors (Lipinski definition) is 1. The summed E-state index contributed by atoms with van der Waals surface area (Å²) in [5.74, 6) is 0.387. The zero-order valence-corrected chi connectivity index (χ0v) is 17.5. The Hall–Kier alpha value is -2.58. The molecule has 1 aliphatic heterocycles. The SMILES string of the molecule is CCOc1ccccc1C(=O)Nc1ccc(OCC)c(S(=O)(=O)N2CCCC2)c1. The predicted octanol–water partition coefficient (Wildman–Crippen LogP) is 3.52. The molecule has 0 unspecified atom stereocenters. The standard InChI is InChI=1S/C21H26N2O5S/c1-3-27-18-10-6-5-9-17(18)21(24)22-16-11-12-19(28-4-2)20(15-16)29(25,26)23-13-7-8-14-23/h5-6,9-12,15H,3-4,7-8,13-14H2,1-2H3,(H,22,24). The second-order valence-corrected chi connectivity index (χ2v) is 8.50. The zero-order valence-electron chi connectivity index (χ0n) is 16.7. The fourth-order valence-electron chi connectivity index (χ4n) is 3.26. The lowest BCUT2D eigenvalue weighted by Gasteiger charge is -2.19. The molecule has 0 bridgehead atoms. The number of ether oxygens (including phenoxy) is 2. The Bertz CT molecular complexity index is 969. The van der Waals surface area contributed by atoms with Gasteiger partial charge in [-0.2, -0.15) is 4.31 Å². The number of nitrogens with zero attached hydrogens (tertiary/aromatic N) is 1. The molecule has 0 radical (unpaired) electrons. The lowest BCUT2D eigenvalue weighted by Crippen LogP contribution is -2.28. The highest BCUT2D eigenvalue weighted by atomic mass is 32.2. The number of sulfonamides is 1. The summed E-state index contributed by atoms with van der Waals surface area (Å²) in [4.78, 5) is 12.8. The van der Waals surface area contributed by atoms with E-state index in [0.717, 1.165) is 12.8 Å². The first-order chi connectivity index (χ1) is 14.0. The van der Waals surface area contributed by atoms with Crippen LogP contribution in [0.5, 0.6) is 11.5 Å². The van der Waals surface area contributed by atoms with Gasteiger partial charge in [-0.1, -0.05) is 12.1 Å². The third kappa shape index (κ3) is 4.71. The van der Waals surface area contributed by atoms with Gasteiger partial charge in [0.1, 0.15) is 16.4 Å². The number of anilines is 1. The van der Waals surface area contributed by atoms with Gasteiger partial charge in [0.15, 0.2) is 0 Å². The van der Waals surface area contributed by atoms with E-state index in [9.17, 15) is 13.2 Å². The fourth-order valence-corrected chi connectivity index (χ4v) is 4.94. The molecule has 0 atom stereocenters. The van der Waals surface area contributed by atoms with Crippen molar-refractivity contribution in [2.24, 2.45) is 0 Å². The highest BCUT2D eigenvalue weighted by Gasteiger charge is 2.30. The quantitative estimate of drug-likeness (QED) is 0.709. The molecule has 1 heterocycles. The van der Waals surface area contributed by atoms with Gasteiger partial charge >= 0.3 is 0 Å². The maximum atomic E-state index is 13.1. The molecule has 1 fully saturated rings. The summed E-state index contributed by atoms with van der Waals surface area (Å²) >= 11 is 0. The van der Waals surface area contributed by atoms with Crippen LogP contribution in [0.3, 0.4) is 0 Å². The topological polar surface area (TPSA) is 84.9 Å². The molecule has 0 aliphatic carbocycles. The number of nitrogens with one attached hydrogen (secondary N) is 1. The van der Waals surface area contributed by atoms with Crippen LogP contribution in [0.4, 0.5) is 5.69 Å². The van der Waals surface area contributed by atoms with Crippen LogP contribution < -0.4 is 14.8 Å². The van der Waals surface area contributed by atoms with E-state index in [1.165, 1.54) is 10.4 Å². The lowest BCUT2D eigenvalue weighted by atomic mass is 10.2. The van der Waals surface area contributed by atoms with E-state index in [1.807, 2.05) is 6.92 Å². The molecule has 0 spiro atoms. The van der Waals surface area contributed by atoms with Gasteiger partial charge in [-0.3, -0.25) is 4.79 Å². The van der Waals surface area contributed by atoms with E-state index in [1.54, 1.807) is 43.3 Å². The van der Waals surface area contributed by atoms with Crippen LogP contribution in [0, 0.1) is 0 Å². The maximum absolute atomic E-state index is 13.1. The van der Waals surface area contributed by atoms with Crippen molar-refractivity contribution in [3.05, 3.63) is 48.0 Å². The van der Waals surface area contributed by atoms with Gasteiger partial charge in [0.25, 0.3) is 5.91 Å². The summed E-state index contributed by atoms with van der Waals surface area (Å²) in [7, 11) is -3.70. The van der Waals surface area contributed by atoms with Gasteiger partial charge in [0.05, 0.1) is 18.8 Å². The minimum Gasteiger partial charge on any atom is -0.493 e. The van der Waals surface area contributed by atoms with Crippen molar-refractivity contribution in [1.82, 2.24) is 4.31 Å². The number of para-hydroxylation sites is 1. The van der Waals surface area contributed by atoms with E-state index >= 15 is 0 Å². The van der Waals surface area contributed by atoms with Crippen LogP contribution in [-0.4, -0.2) is 44.9 Å². The molecule has 0 aromatic heterocycles. The van der Waals surface area contributed by atoms with Crippen molar-refractivity contribution in [2.75, 3.05) is 31.6 Å². The second-order valence-electron chi connectivity index (χ2n) is 6.59. The minimum atomic E-state index is -3.70. The normalized spacial score (nSPS) is 14.6. The maximum Gasteiger partial charge on any atom is 0.259 e. The molecule has 1 amide bonds. The molecule has 8 heteroatoms. The molecule has 1 N–H and O–H groups in total. The van der Waals surface area contributed by atoms with E-state index in [0.29, 0.717) is 43.3 Å². The minimum absolute atomic E-state index is 0.0668. The third-order valence-electron chi connectivity index (χ3n) is 4.62. The summed E-state index contributed by atoms with van der Waals surface area (Å²) in [6.07, 6.45) is 1.68. The summed E-state index contributed by atoms with van der Waals surface area (Å²) in [6, 6.07) is 11.6. The molecule has 1 saturated heterocycles. The van der Waals surface area contributed by atoms with Crippen LogP contribution >= 0.6 is 0 Å². The van der Waals surface area contributed by atoms with Crippen molar-refractivity contribution < 1.29 is 22.7 Å². The molecule has 7 nitrogen and oxygen atoms in total. The molecule has 2 aromatic carbocycles. The molecule has 2 aromatic rings. The Labute approximate surface area is 171 Å². The van der Waals surface area contributed by atoms with Crippen molar-refractivity contribution >= 4 is 21.6 Å². The van der Waals surface area contributed by atoms with Gasteiger partial charge in [-0.15, -0.1) is 0 Å². The molecule has 29 heavy (non-hydrogen) atoms. The highest BCUT2D eigenvalue weighted by Crippen LogP contribution is 2.32. The number of carbonyl (C=O) groups excluding carboxylic acids is 1. The Morgan fingerprint density at radius 1 is 1.00 bits per heavy atom. The van der Waals surface area contributed by atoms with E-state index in [-0.39, 0.29) is 16.6 Å². The van der Waals surface area contributed by atoms with E-state index in [4.69, 9.17) is 9.47 Å². The number of benzene rings is 2. The van der Waals surface area contributed by atoms with E-state index in [2.05, 4.69) is 5.32 Å². The smallest absolute Gasteiger partial charge is 0.259 e. The predicted molar refractivity (Wildman–Crippen MR) is 111 cm³/mol. The summed E-state index contributed by atoms with van der Waals surface area (Å²) < 4.78 is 38.7. The molecule has 3 rings (SSSR count). The lowest BCUT2D eigenvalue weighted by molar-refractivity contribution is 0.102. The monoisotopic (exact) mass is 418 g/mol.